The molecule has 0 aromatic rings. The maximum Gasteiger partial charge on any atom is 0.185 e. The van der Waals surface area contributed by atoms with Crippen LogP contribution < -0.4 is 0 Å². The Bertz CT molecular complexity index is 211. The second kappa shape index (κ2) is 14.8. The highest BCUT2D eigenvalue weighted by molar-refractivity contribution is 7.96. The highest BCUT2D eigenvalue weighted by Gasteiger charge is 1.93. The molecule has 0 aromatic heterocycles. The van der Waals surface area contributed by atoms with Crippen LogP contribution in [0.1, 0.15) is 84.0 Å². The van der Waals surface area contributed by atoms with Crippen LogP contribution in [0.5, 0.6) is 0 Å². The molecule has 0 aliphatic heterocycles. The number of thiol groups is 1. The Morgan fingerprint density at radius 3 is 1.83 bits per heavy atom. The predicted molar refractivity (Wildman–Crippen MR) is 84.2 cm³/mol. The van der Waals surface area contributed by atoms with E-state index in [1.54, 1.807) is 0 Å². The first-order chi connectivity index (χ1) is 8.77. The molecule has 0 fully saturated rings. The molecule has 0 radical (unpaired) electrons. The average Bonchev–Trinajstić information content (AvgIpc) is 2.34. The molecule has 0 N–H and O–H groups in total. The minimum absolute atomic E-state index is 0.0259. The number of hydrogen-bond donors (Lipinski definition) is 1. The van der Waals surface area contributed by atoms with Gasteiger partial charge in [-0.25, -0.2) is 0 Å². The fraction of sp³-hybridized carbons (Fsp3) is 0.812. The van der Waals surface area contributed by atoms with E-state index < -0.39 is 0 Å². The summed E-state index contributed by atoms with van der Waals surface area (Å²) in [6, 6.07) is 0. The van der Waals surface area contributed by atoms with E-state index >= 15 is 0 Å². The summed E-state index contributed by atoms with van der Waals surface area (Å²) in [5.74, 6) is 0. The Hall–Kier alpha value is -0.240. The van der Waals surface area contributed by atoms with Crippen molar-refractivity contribution in [2.45, 2.75) is 84.0 Å². The zero-order chi connectivity index (χ0) is 13.5. The van der Waals surface area contributed by atoms with E-state index in [1.807, 2.05) is 0 Å². The largest absolute Gasteiger partial charge is 0.288 e. The summed E-state index contributed by atoms with van der Waals surface area (Å²) < 4.78 is 0. The molecule has 18 heavy (non-hydrogen) atoms. The Morgan fingerprint density at radius 1 is 0.833 bits per heavy atom. The lowest BCUT2D eigenvalue weighted by Gasteiger charge is -1.98. The van der Waals surface area contributed by atoms with Gasteiger partial charge in [0.25, 0.3) is 0 Å². The van der Waals surface area contributed by atoms with E-state index in [0.29, 0.717) is 6.42 Å². The molecule has 0 saturated heterocycles. The minimum atomic E-state index is 0.0259. The number of carbonyl (C=O) groups is 1. The van der Waals surface area contributed by atoms with Crippen LogP contribution in [0.2, 0.25) is 0 Å². The number of rotatable bonds is 13. The minimum Gasteiger partial charge on any atom is -0.288 e. The second-order valence-electron chi connectivity index (χ2n) is 5.02. The quantitative estimate of drug-likeness (QED) is 0.258. The van der Waals surface area contributed by atoms with Crippen molar-refractivity contribution in [3.8, 4) is 0 Å². The van der Waals surface area contributed by atoms with Crippen LogP contribution in [-0.2, 0) is 4.79 Å². The van der Waals surface area contributed by atoms with Crippen LogP contribution >= 0.6 is 12.6 Å². The number of carbonyl (C=O) groups excluding carboxylic acids is 1. The van der Waals surface area contributed by atoms with Crippen molar-refractivity contribution in [1.82, 2.24) is 0 Å². The SMILES string of the molecule is CCCCCCC/C=C\CCCCCCC(=O)S. The van der Waals surface area contributed by atoms with E-state index in [9.17, 15) is 4.79 Å². The standard InChI is InChI=1S/C16H30OS/c1-2-3-4-5-6-7-8-9-10-11-12-13-14-15-16(17)18/h8-9H,2-7,10-15H2,1H3,(H,17,18)/b9-8-. The molecule has 0 bridgehead atoms. The zero-order valence-corrected chi connectivity index (χ0v) is 12.9. The highest BCUT2D eigenvalue weighted by Crippen LogP contribution is 2.08. The first kappa shape index (κ1) is 17.8. The van der Waals surface area contributed by atoms with Crippen LogP contribution in [0.3, 0.4) is 0 Å². The number of unbranched alkanes of at least 4 members (excludes halogenated alkanes) is 9. The molecule has 0 aliphatic rings. The van der Waals surface area contributed by atoms with E-state index in [2.05, 4.69) is 31.7 Å². The lowest BCUT2D eigenvalue weighted by molar-refractivity contribution is -0.110. The molecule has 2 heteroatoms. The first-order valence-corrected chi connectivity index (χ1v) is 8.09. The van der Waals surface area contributed by atoms with E-state index in [0.717, 1.165) is 12.8 Å². The molecule has 0 rings (SSSR count). The fourth-order valence-electron chi connectivity index (χ4n) is 1.99. The van der Waals surface area contributed by atoms with Crippen LogP contribution in [0.4, 0.5) is 0 Å². The van der Waals surface area contributed by atoms with Gasteiger partial charge in [-0.1, -0.05) is 57.6 Å². The summed E-state index contributed by atoms with van der Waals surface area (Å²) in [7, 11) is 0. The molecule has 0 unspecified atom stereocenters. The highest BCUT2D eigenvalue weighted by atomic mass is 32.1. The lowest BCUT2D eigenvalue weighted by Crippen LogP contribution is -1.86. The van der Waals surface area contributed by atoms with Crippen LogP contribution in [0.15, 0.2) is 12.2 Å². The maximum absolute atomic E-state index is 10.6. The van der Waals surface area contributed by atoms with E-state index in [-0.39, 0.29) is 5.12 Å². The molecule has 1 nitrogen and oxygen atoms in total. The van der Waals surface area contributed by atoms with Gasteiger partial charge in [0.2, 0.25) is 0 Å². The summed E-state index contributed by atoms with van der Waals surface area (Å²) >= 11 is 3.76. The molecule has 0 saturated carbocycles. The van der Waals surface area contributed by atoms with Crippen molar-refractivity contribution >= 4 is 17.7 Å². The molecule has 0 atom stereocenters. The van der Waals surface area contributed by atoms with Crippen LogP contribution in [0, 0.1) is 0 Å². The molecular formula is C16H30OS. The van der Waals surface area contributed by atoms with Crippen LogP contribution in [-0.4, -0.2) is 5.12 Å². The third-order valence-corrected chi connectivity index (χ3v) is 3.38. The van der Waals surface area contributed by atoms with Gasteiger partial charge in [-0.15, -0.1) is 12.6 Å². The molecule has 0 aromatic carbocycles. The Morgan fingerprint density at radius 2 is 1.33 bits per heavy atom. The Balaban J connectivity index is 3.06. The molecule has 0 amide bonds. The molecule has 0 heterocycles. The van der Waals surface area contributed by atoms with Gasteiger partial charge in [0.1, 0.15) is 0 Å². The van der Waals surface area contributed by atoms with Gasteiger partial charge >= 0.3 is 0 Å². The summed E-state index contributed by atoms with van der Waals surface area (Å²) in [4.78, 5) is 10.6. The van der Waals surface area contributed by atoms with Gasteiger partial charge in [-0.3, -0.25) is 4.79 Å². The van der Waals surface area contributed by atoms with Crippen molar-refractivity contribution in [2.24, 2.45) is 0 Å². The maximum atomic E-state index is 10.6. The summed E-state index contributed by atoms with van der Waals surface area (Å²) in [6.45, 7) is 2.26. The molecule has 106 valence electrons. The predicted octanol–water partition coefficient (Wildman–Crippen LogP) is 5.70. The molecule has 0 spiro atoms. The Labute approximate surface area is 119 Å². The second-order valence-corrected chi connectivity index (χ2v) is 5.52. The molecular weight excluding hydrogens is 240 g/mol. The van der Waals surface area contributed by atoms with E-state index in [1.165, 1.54) is 57.8 Å². The first-order valence-electron chi connectivity index (χ1n) is 7.64. The van der Waals surface area contributed by atoms with Gasteiger partial charge in [0, 0.05) is 6.42 Å². The smallest absolute Gasteiger partial charge is 0.185 e. The van der Waals surface area contributed by atoms with Gasteiger partial charge in [-0.05, 0) is 32.1 Å². The molecule has 0 aliphatic carbocycles. The van der Waals surface area contributed by atoms with Gasteiger partial charge in [0.05, 0.1) is 0 Å². The summed E-state index contributed by atoms with van der Waals surface area (Å²) in [5.41, 5.74) is 0. The van der Waals surface area contributed by atoms with Gasteiger partial charge in [0.15, 0.2) is 5.12 Å². The van der Waals surface area contributed by atoms with Crippen molar-refractivity contribution in [3.63, 3.8) is 0 Å². The number of hydrogen-bond acceptors (Lipinski definition) is 1. The van der Waals surface area contributed by atoms with Crippen molar-refractivity contribution in [1.29, 1.82) is 0 Å². The normalized spacial score (nSPS) is 11.2. The lowest BCUT2D eigenvalue weighted by atomic mass is 10.1. The van der Waals surface area contributed by atoms with Gasteiger partial charge < -0.3 is 0 Å². The average molecular weight is 270 g/mol. The monoisotopic (exact) mass is 270 g/mol. The third kappa shape index (κ3) is 15.8. The Kier molecular flexibility index (Phi) is 14.6. The van der Waals surface area contributed by atoms with Crippen LogP contribution in [0.25, 0.3) is 0 Å². The van der Waals surface area contributed by atoms with Crippen molar-refractivity contribution in [2.75, 3.05) is 0 Å². The van der Waals surface area contributed by atoms with Crippen molar-refractivity contribution in [3.05, 3.63) is 12.2 Å². The van der Waals surface area contributed by atoms with Crippen molar-refractivity contribution < 1.29 is 4.79 Å². The zero-order valence-electron chi connectivity index (χ0n) is 12.0. The van der Waals surface area contributed by atoms with Gasteiger partial charge in [-0.2, -0.15) is 0 Å². The van der Waals surface area contributed by atoms with E-state index in [4.69, 9.17) is 0 Å². The number of allylic oxidation sites excluding steroid dienone is 2. The summed E-state index contributed by atoms with van der Waals surface area (Å²) in [6.07, 6.45) is 19.2. The summed E-state index contributed by atoms with van der Waals surface area (Å²) in [5, 5.41) is 0.0259. The fourth-order valence-corrected chi connectivity index (χ4v) is 2.15. The third-order valence-electron chi connectivity index (χ3n) is 3.15. The topological polar surface area (TPSA) is 17.1 Å².